The van der Waals surface area contributed by atoms with Gasteiger partial charge in [-0.3, -0.25) is 14.4 Å². The summed E-state index contributed by atoms with van der Waals surface area (Å²) in [5.41, 5.74) is 0. The lowest BCUT2D eigenvalue weighted by Crippen LogP contribution is -2.55. The SMILES string of the molecule is CCCCCC(=O)NC(C(=O)NC(CCCNC)C(=O)NCCS)C(C)C. The molecule has 4 N–H and O–H groups in total. The molecular weight excluding hydrogens is 364 g/mol. The molecule has 0 saturated carbocycles. The standard InChI is InChI=1S/C19H38N4O3S/c1-5-6-7-10-16(24)23-17(14(2)3)19(26)22-15(9-8-11-20-4)18(25)21-12-13-27/h14-15,17,20,27H,5-13H2,1-4H3,(H,21,25)(H,22,26)(H,23,24). The Labute approximate surface area is 169 Å². The predicted octanol–water partition coefficient (Wildman–Crippen LogP) is 1.24. The first-order valence-electron chi connectivity index (χ1n) is 10.00. The maximum atomic E-state index is 12.7. The van der Waals surface area contributed by atoms with E-state index < -0.39 is 12.1 Å². The second-order valence-electron chi connectivity index (χ2n) is 7.07. The zero-order chi connectivity index (χ0) is 20.7. The highest BCUT2D eigenvalue weighted by Crippen LogP contribution is 2.06. The molecule has 0 saturated heterocycles. The van der Waals surface area contributed by atoms with Crippen molar-refractivity contribution in [3.8, 4) is 0 Å². The maximum Gasteiger partial charge on any atom is 0.243 e. The average Bonchev–Trinajstić information content (AvgIpc) is 2.63. The van der Waals surface area contributed by atoms with Crippen molar-refractivity contribution < 1.29 is 14.4 Å². The number of unbranched alkanes of at least 4 members (excludes halogenated alkanes) is 2. The van der Waals surface area contributed by atoms with E-state index in [2.05, 4.69) is 40.8 Å². The number of nitrogens with one attached hydrogen (secondary N) is 4. The lowest BCUT2D eigenvalue weighted by Gasteiger charge is -2.25. The fourth-order valence-corrected chi connectivity index (χ4v) is 2.74. The molecule has 2 unspecified atom stereocenters. The highest BCUT2D eigenvalue weighted by Gasteiger charge is 2.28. The second kappa shape index (κ2) is 15.7. The summed E-state index contributed by atoms with van der Waals surface area (Å²) >= 11 is 4.09. The van der Waals surface area contributed by atoms with E-state index in [4.69, 9.17) is 0 Å². The van der Waals surface area contributed by atoms with Gasteiger partial charge in [-0.25, -0.2) is 0 Å². The van der Waals surface area contributed by atoms with Crippen molar-refractivity contribution >= 4 is 30.4 Å². The molecule has 0 aliphatic heterocycles. The van der Waals surface area contributed by atoms with Crippen molar-refractivity contribution in [2.24, 2.45) is 5.92 Å². The van der Waals surface area contributed by atoms with Gasteiger partial charge in [0.05, 0.1) is 0 Å². The molecule has 0 aromatic rings. The molecule has 0 rings (SSSR count). The van der Waals surface area contributed by atoms with Gasteiger partial charge >= 0.3 is 0 Å². The van der Waals surface area contributed by atoms with Gasteiger partial charge in [-0.1, -0.05) is 33.6 Å². The van der Waals surface area contributed by atoms with Crippen LogP contribution in [0.1, 0.15) is 59.3 Å². The zero-order valence-electron chi connectivity index (χ0n) is 17.3. The summed E-state index contributed by atoms with van der Waals surface area (Å²) in [4.78, 5) is 37.2. The number of hydrogen-bond acceptors (Lipinski definition) is 5. The van der Waals surface area contributed by atoms with E-state index >= 15 is 0 Å². The Bertz CT molecular complexity index is 447. The van der Waals surface area contributed by atoms with Gasteiger partial charge in [-0.2, -0.15) is 12.6 Å². The molecule has 0 spiro atoms. The molecule has 0 aliphatic rings. The van der Waals surface area contributed by atoms with E-state index in [-0.39, 0.29) is 23.6 Å². The van der Waals surface area contributed by atoms with Crippen molar-refractivity contribution in [1.29, 1.82) is 0 Å². The van der Waals surface area contributed by atoms with Gasteiger partial charge < -0.3 is 21.3 Å². The van der Waals surface area contributed by atoms with Gasteiger partial charge in [0.2, 0.25) is 17.7 Å². The third-order valence-corrected chi connectivity index (χ3v) is 4.46. The number of rotatable bonds is 15. The van der Waals surface area contributed by atoms with Crippen LogP contribution in [0.25, 0.3) is 0 Å². The molecule has 3 amide bonds. The molecule has 0 aromatic heterocycles. The minimum absolute atomic E-state index is 0.0708. The molecule has 2 atom stereocenters. The lowest BCUT2D eigenvalue weighted by molar-refractivity contribution is -0.133. The fraction of sp³-hybridized carbons (Fsp3) is 0.842. The molecule has 0 radical (unpaired) electrons. The Hall–Kier alpha value is -1.28. The van der Waals surface area contributed by atoms with Crippen LogP contribution >= 0.6 is 12.6 Å². The van der Waals surface area contributed by atoms with Crippen LogP contribution in [0.4, 0.5) is 0 Å². The topological polar surface area (TPSA) is 99.3 Å². The van der Waals surface area contributed by atoms with Gasteiger partial charge in [-0.15, -0.1) is 0 Å². The number of hydrogen-bond donors (Lipinski definition) is 5. The number of carbonyl (C=O) groups is 3. The minimum Gasteiger partial charge on any atom is -0.353 e. The number of amides is 3. The molecular formula is C19H38N4O3S. The van der Waals surface area contributed by atoms with E-state index in [1.54, 1.807) is 0 Å². The lowest BCUT2D eigenvalue weighted by atomic mass is 10.0. The third-order valence-electron chi connectivity index (χ3n) is 4.24. The molecule has 0 aliphatic carbocycles. The molecule has 27 heavy (non-hydrogen) atoms. The fourth-order valence-electron chi connectivity index (χ4n) is 2.63. The quantitative estimate of drug-likeness (QED) is 0.210. The van der Waals surface area contributed by atoms with Crippen LogP contribution in [0.3, 0.4) is 0 Å². The highest BCUT2D eigenvalue weighted by atomic mass is 32.1. The summed E-state index contributed by atoms with van der Waals surface area (Å²) in [5, 5.41) is 11.4. The number of carbonyl (C=O) groups excluding carboxylic acids is 3. The van der Waals surface area contributed by atoms with Gasteiger partial charge in [0.25, 0.3) is 0 Å². The highest BCUT2D eigenvalue weighted by molar-refractivity contribution is 7.80. The predicted molar refractivity (Wildman–Crippen MR) is 113 cm³/mol. The summed E-state index contributed by atoms with van der Waals surface area (Å²) in [5.74, 6) is -0.192. The second-order valence-corrected chi connectivity index (χ2v) is 7.52. The van der Waals surface area contributed by atoms with Crippen molar-refractivity contribution in [2.75, 3.05) is 25.9 Å². The van der Waals surface area contributed by atoms with Gasteiger partial charge in [0.1, 0.15) is 12.1 Å². The third kappa shape index (κ3) is 11.9. The molecule has 158 valence electrons. The Morgan fingerprint density at radius 2 is 1.67 bits per heavy atom. The van der Waals surface area contributed by atoms with Gasteiger partial charge in [0, 0.05) is 18.7 Å². The molecule has 0 fully saturated rings. The summed E-state index contributed by atoms with van der Waals surface area (Å²) in [6.45, 7) is 7.05. The summed E-state index contributed by atoms with van der Waals surface area (Å²) in [6.07, 6.45) is 4.54. The smallest absolute Gasteiger partial charge is 0.243 e. The largest absolute Gasteiger partial charge is 0.353 e. The first kappa shape index (κ1) is 25.7. The van der Waals surface area contributed by atoms with Crippen LogP contribution in [0.2, 0.25) is 0 Å². The summed E-state index contributed by atoms with van der Waals surface area (Å²) in [6, 6.07) is -1.27. The first-order valence-corrected chi connectivity index (χ1v) is 10.6. The Morgan fingerprint density at radius 3 is 2.22 bits per heavy atom. The molecule has 7 nitrogen and oxygen atoms in total. The van der Waals surface area contributed by atoms with Crippen molar-refractivity contribution in [2.45, 2.75) is 71.4 Å². The van der Waals surface area contributed by atoms with Crippen LogP contribution in [0.5, 0.6) is 0 Å². The zero-order valence-corrected chi connectivity index (χ0v) is 18.2. The van der Waals surface area contributed by atoms with E-state index in [9.17, 15) is 14.4 Å². The van der Waals surface area contributed by atoms with Crippen LogP contribution in [0.15, 0.2) is 0 Å². The van der Waals surface area contributed by atoms with E-state index in [1.165, 1.54) is 0 Å². The monoisotopic (exact) mass is 402 g/mol. The minimum atomic E-state index is -0.649. The van der Waals surface area contributed by atoms with Crippen molar-refractivity contribution in [1.82, 2.24) is 21.3 Å². The first-order chi connectivity index (χ1) is 12.9. The van der Waals surface area contributed by atoms with E-state index in [0.29, 0.717) is 25.1 Å². The van der Waals surface area contributed by atoms with Crippen LogP contribution in [-0.2, 0) is 14.4 Å². The van der Waals surface area contributed by atoms with Gasteiger partial charge in [0.15, 0.2) is 0 Å². The Kier molecular flexibility index (Phi) is 15.0. The van der Waals surface area contributed by atoms with Crippen molar-refractivity contribution in [3.05, 3.63) is 0 Å². The van der Waals surface area contributed by atoms with Crippen molar-refractivity contribution in [3.63, 3.8) is 0 Å². The normalized spacial score (nSPS) is 13.1. The molecule has 0 heterocycles. The molecule has 8 heteroatoms. The van der Waals surface area contributed by atoms with Gasteiger partial charge in [-0.05, 0) is 38.8 Å². The Morgan fingerprint density at radius 1 is 0.963 bits per heavy atom. The summed E-state index contributed by atoms with van der Waals surface area (Å²) < 4.78 is 0. The van der Waals surface area contributed by atoms with E-state index in [0.717, 1.165) is 32.2 Å². The maximum absolute atomic E-state index is 12.7. The summed E-state index contributed by atoms with van der Waals surface area (Å²) in [7, 11) is 1.84. The van der Waals surface area contributed by atoms with Crippen LogP contribution < -0.4 is 21.3 Å². The molecule has 0 bridgehead atoms. The van der Waals surface area contributed by atoms with E-state index in [1.807, 2.05) is 20.9 Å². The molecule has 0 aromatic carbocycles. The van der Waals surface area contributed by atoms with Crippen LogP contribution in [-0.4, -0.2) is 55.7 Å². The average molecular weight is 403 g/mol. The Balaban J connectivity index is 4.87. The van der Waals surface area contributed by atoms with Crippen LogP contribution in [0, 0.1) is 5.92 Å². The number of thiol groups is 1.